The zero-order valence-electron chi connectivity index (χ0n) is 19.7. The first-order chi connectivity index (χ1) is 15.4. The van der Waals surface area contributed by atoms with E-state index < -0.39 is 0 Å². The standard InChI is InChI=1S/C26H36N2O4/c1-27(2)15-17-31-25(29)19-23(21-11-7-5-8-12-21)24(22-13-9-6-10-14-22)20-26(30)32-18-16-28(3)4/h5-14,23-24H,15-20H2,1-4H3. The van der Waals surface area contributed by atoms with Gasteiger partial charge in [0.1, 0.15) is 13.2 Å². The first-order valence-electron chi connectivity index (χ1n) is 11.1. The maximum Gasteiger partial charge on any atom is 0.306 e. The summed E-state index contributed by atoms with van der Waals surface area (Å²) < 4.78 is 11.0. The minimum Gasteiger partial charge on any atom is -0.464 e. The van der Waals surface area contributed by atoms with Crippen LogP contribution < -0.4 is 0 Å². The number of carbonyl (C=O) groups excluding carboxylic acids is 2. The molecule has 0 fully saturated rings. The molecule has 0 radical (unpaired) electrons. The van der Waals surface area contributed by atoms with Crippen LogP contribution in [0.2, 0.25) is 0 Å². The number of esters is 2. The lowest BCUT2D eigenvalue weighted by atomic mass is 9.77. The number of ether oxygens (including phenoxy) is 2. The van der Waals surface area contributed by atoms with E-state index in [0.717, 1.165) is 11.1 Å². The van der Waals surface area contributed by atoms with E-state index in [-0.39, 0.29) is 36.6 Å². The molecular weight excluding hydrogens is 404 g/mol. The van der Waals surface area contributed by atoms with Gasteiger partial charge in [-0.05, 0) is 39.3 Å². The number of hydrogen-bond acceptors (Lipinski definition) is 6. The highest BCUT2D eigenvalue weighted by molar-refractivity contribution is 5.73. The highest BCUT2D eigenvalue weighted by atomic mass is 16.5. The lowest BCUT2D eigenvalue weighted by Crippen LogP contribution is -2.24. The quantitative estimate of drug-likeness (QED) is 0.444. The van der Waals surface area contributed by atoms with Crippen molar-refractivity contribution in [3.05, 3.63) is 71.8 Å². The summed E-state index contributed by atoms with van der Waals surface area (Å²) in [6.07, 6.45) is 0.393. The number of benzene rings is 2. The SMILES string of the molecule is CN(C)CCOC(=O)CC(c1ccccc1)C(CC(=O)OCCN(C)C)c1ccccc1. The van der Waals surface area contributed by atoms with Crippen LogP contribution >= 0.6 is 0 Å². The van der Waals surface area contributed by atoms with Crippen molar-refractivity contribution in [3.63, 3.8) is 0 Å². The molecule has 0 N–H and O–H groups in total. The van der Waals surface area contributed by atoms with Crippen molar-refractivity contribution in [2.45, 2.75) is 24.7 Å². The summed E-state index contributed by atoms with van der Waals surface area (Å²) in [6, 6.07) is 19.7. The van der Waals surface area contributed by atoms with Gasteiger partial charge in [0.05, 0.1) is 12.8 Å². The van der Waals surface area contributed by atoms with E-state index in [0.29, 0.717) is 26.3 Å². The fraction of sp³-hybridized carbons (Fsp3) is 0.462. The molecule has 0 saturated carbocycles. The van der Waals surface area contributed by atoms with Gasteiger partial charge >= 0.3 is 11.9 Å². The van der Waals surface area contributed by atoms with Crippen molar-refractivity contribution >= 4 is 11.9 Å². The molecular formula is C26H36N2O4. The van der Waals surface area contributed by atoms with Gasteiger partial charge in [0.2, 0.25) is 0 Å². The molecule has 6 heteroatoms. The van der Waals surface area contributed by atoms with Crippen LogP contribution in [-0.4, -0.2) is 76.2 Å². The second-order valence-corrected chi connectivity index (χ2v) is 8.49. The summed E-state index contributed by atoms with van der Waals surface area (Å²) in [5.74, 6) is -0.927. The van der Waals surface area contributed by atoms with E-state index in [2.05, 4.69) is 0 Å². The predicted octanol–water partition coefficient (Wildman–Crippen LogP) is 3.54. The van der Waals surface area contributed by atoms with Crippen molar-refractivity contribution < 1.29 is 19.1 Å². The average molecular weight is 441 g/mol. The van der Waals surface area contributed by atoms with Gasteiger partial charge in [0.15, 0.2) is 0 Å². The van der Waals surface area contributed by atoms with Gasteiger partial charge in [-0.1, -0.05) is 60.7 Å². The molecule has 0 aliphatic rings. The normalized spacial score (nSPS) is 13.1. The Morgan fingerprint density at radius 1 is 0.656 bits per heavy atom. The lowest BCUT2D eigenvalue weighted by Gasteiger charge is -2.27. The minimum atomic E-state index is -0.261. The van der Waals surface area contributed by atoms with Crippen LogP contribution in [0.15, 0.2) is 60.7 Å². The Hall–Kier alpha value is -2.70. The van der Waals surface area contributed by atoms with Crippen molar-refractivity contribution in [3.8, 4) is 0 Å². The molecule has 2 aromatic rings. The lowest BCUT2D eigenvalue weighted by molar-refractivity contribution is -0.147. The fourth-order valence-electron chi connectivity index (χ4n) is 3.55. The molecule has 2 atom stereocenters. The van der Waals surface area contributed by atoms with Crippen molar-refractivity contribution in [1.82, 2.24) is 9.80 Å². The number of carbonyl (C=O) groups is 2. The summed E-state index contributed by atoms with van der Waals surface area (Å²) >= 11 is 0. The molecule has 174 valence electrons. The van der Waals surface area contributed by atoms with E-state index >= 15 is 0 Å². The largest absolute Gasteiger partial charge is 0.464 e. The third-order valence-electron chi connectivity index (χ3n) is 5.32. The summed E-state index contributed by atoms with van der Waals surface area (Å²) in [7, 11) is 7.75. The Kier molecular flexibility index (Phi) is 10.9. The van der Waals surface area contributed by atoms with Crippen LogP contribution in [0, 0.1) is 0 Å². The molecule has 0 aliphatic heterocycles. The monoisotopic (exact) mass is 440 g/mol. The van der Waals surface area contributed by atoms with Crippen LogP contribution in [0.3, 0.4) is 0 Å². The molecule has 6 nitrogen and oxygen atoms in total. The zero-order valence-corrected chi connectivity index (χ0v) is 19.7. The molecule has 0 heterocycles. The van der Waals surface area contributed by atoms with Crippen LogP contribution in [0.25, 0.3) is 0 Å². The number of likely N-dealkylation sites (N-methyl/N-ethyl adjacent to an activating group) is 2. The number of hydrogen-bond donors (Lipinski definition) is 0. The van der Waals surface area contributed by atoms with Gasteiger partial charge in [0.25, 0.3) is 0 Å². The Morgan fingerprint density at radius 3 is 1.31 bits per heavy atom. The van der Waals surface area contributed by atoms with E-state index in [1.165, 1.54) is 0 Å². The third kappa shape index (κ3) is 9.20. The Bertz CT molecular complexity index is 740. The Labute approximate surface area is 192 Å². The van der Waals surface area contributed by atoms with Gasteiger partial charge in [-0.15, -0.1) is 0 Å². The Balaban J connectivity index is 2.24. The van der Waals surface area contributed by atoms with Crippen LogP contribution in [-0.2, 0) is 19.1 Å². The smallest absolute Gasteiger partial charge is 0.306 e. The molecule has 2 unspecified atom stereocenters. The Morgan fingerprint density at radius 2 is 1.00 bits per heavy atom. The minimum absolute atomic E-state index is 0.196. The molecule has 0 aromatic heterocycles. The molecule has 2 rings (SSSR count). The second kappa shape index (κ2) is 13.7. The van der Waals surface area contributed by atoms with Gasteiger partial charge in [-0.25, -0.2) is 0 Å². The summed E-state index contributed by atoms with van der Waals surface area (Å²) in [5, 5.41) is 0. The van der Waals surface area contributed by atoms with Crippen LogP contribution in [0.5, 0.6) is 0 Å². The second-order valence-electron chi connectivity index (χ2n) is 8.49. The van der Waals surface area contributed by atoms with Gasteiger partial charge < -0.3 is 19.3 Å². The first kappa shape index (κ1) is 25.6. The first-order valence-corrected chi connectivity index (χ1v) is 11.1. The average Bonchev–Trinajstić information content (AvgIpc) is 2.77. The van der Waals surface area contributed by atoms with Crippen LogP contribution in [0.1, 0.15) is 35.8 Å². The van der Waals surface area contributed by atoms with Crippen LogP contribution in [0.4, 0.5) is 0 Å². The van der Waals surface area contributed by atoms with Crippen molar-refractivity contribution in [2.24, 2.45) is 0 Å². The number of nitrogens with zero attached hydrogens (tertiary/aromatic N) is 2. The summed E-state index contributed by atoms with van der Waals surface area (Å²) in [6.45, 7) is 2.02. The van der Waals surface area contributed by atoms with Gasteiger partial charge in [-0.2, -0.15) is 0 Å². The van der Waals surface area contributed by atoms with E-state index in [1.807, 2.05) is 98.7 Å². The zero-order chi connectivity index (χ0) is 23.3. The van der Waals surface area contributed by atoms with E-state index in [4.69, 9.17) is 9.47 Å². The summed E-state index contributed by atoms with van der Waals surface area (Å²) in [4.78, 5) is 29.4. The molecule has 0 amide bonds. The molecule has 0 aliphatic carbocycles. The molecule has 0 saturated heterocycles. The van der Waals surface area contributed by atoms with E-state index in [9.17, 15) is 9.59 Å². The maximum absolute atomic E-state index is 12.7. The summed E-state index contributed by atoms with van der Waals surface area (Å²) in [5.41, 5.74) is 2.01. The van der Waals surface area contributed by atoms with Gasteiger partial charge in [0, 0.05) is 24.9 Å². The molecule has 0 spiro atoms. The number of rotatable bonds is 13. The highest BCUT2D eigenvalue weighted by Crippen LogP contribution is 2.38. The van der Waals surface area contributed by atoms with E-state index in [1.54, 1.807) is 0 Å². The highest BCUT2D eigenvalue weighted by Gasteiger charge is 2.30. The van der Waals surface area contributed by atoms with Crippen molar-refractivity contribution in [2.75, 3.05) is 54.5 Å². The van der Waals surface area contributed by atoms with Gasteiger partial charge in [-0.3, -0.25) is 9.59 Å². The maximum atomic E-state index is 12.7. The predicted molar refractivity (Wildman–Crippen MR) is 127 cm³/mol. The van der Waals surface area contributed by atoms with Crippen molar-refractivity contribution in [1.29, 1.82) is 0 Å². The molecule has 2 aromatic carbocycles. The third-order valence-corrected chi connectivity index (χ3v) is 5.32. The molecule has 0 bridgehead atoms. The molecule has 32 heavy (non-hydrogen) atoms. The fourth-order valence-corrected chi connectivity index (χ4v) is 3.55. The topological polar surface area (TPSA) is 59.1 Å².